The number of nitrogens with zero attached hydrogens (tertiary/aromatic N) is 1. The first-order valence-corrected chi connectivity index (χ1v) is 12.6. The molecule has 0 aliphatic rings. The monoisotopic (exact) mass is 479 g/mol. The first-order valence-electron chi connectivity index (χ1n) is 12.0. The largest absolute Gasteiger partial charge is 0.438 e. The maximum atomic E-state index is 5.89. The molecule has 7 rings (SSSR count). The number of fused-ring (bicyclic) bond motifs is 4. The number of benzene rings is 5. The Morgan fingerprint density at radius 2 is 1.06 bits per heavy atom. The quantitative estimate of drug-likeness (QED) is 0.237. The van der Waals surface area contributed by atoms with E-state index in [0.29, 0.717) is 5.71 Å². The smallest absolute Gasteiger partial charge is 0.227 e. The van der Waals surface area contributed by atoms with Gasteiger partial charge in [0.1, 0.15) is 5.58 Å². The van der Waals surface area contributed by atoms with E-state index in [1.165, 1.54) is 49.5 Å². The minimum Gasteiger partial charge on any atom is -0.438 e. The number of furan rings is 1. The van der Waals surface area contributed by atoms with Crippen LogP contribution < -0.4 is 5.30 Å². The lowest BCUT2D eigenvalue weighted by Crippen LogP contribution is -1.88. The molecule has 0 saturated heterocycles. The molecular weight excluding hydrogens is 457 g/mol. The molecule has 36 heavy (non-hydrogen) atoms. The maximum absolute atomic E-state index is 5.89. The Balaban J connectivity index is 1.23. The molecule has 0 aliphatic carbocycles. The normalized spacial score (nSPS) is 11.5. The highest BCUT2D eigenvalue weighted by Crippen LogP contribution is 2.33. The Morgan fingerprint density at radius 1 is 0.500 bits per heavy atom. The molecule has 7 aromatic rings. The number of rotatable bonds is 3. The Morgan fingerprint density at radius 3 is 1.72 bits per heavy atom. The predicted octanol–water partition coefficient (Wildman–Crippen LogP) is 8.64. The Labute approximate surface area is 211 Å². The van der Waals surface area contributed by atoms with Crippen molar-refractivity contribution in [2.24, 2.45) is 0 Å². The molecule has 1 atom stereocenters. The van der Waals surface area contributed by atoms with Gasteiger partial charge in [0, 0.05) is 17.0 Å². The highest BCUT2D eigenvalue weighted by Gasteiger charge is 2.09. The highest BCUT2D eigenvalue weighted by molar-refractivity contribution is 7.27. The van der Waals surface area contributed by atoms with Crippen LogP contribution in [0, 0.1) is 0 Å². The van der Waals surface area contributed by atoms with Crippen LogP contribution in [0.5, 0.6) is 0 Å². The molecular formula is C33H22NOP. The van der Waals surface area contributed by atoms with Gasteiger partial charge in [0.2, 0.25) is 5.71 Å². The fourth-order valence-electron chi connectivity index (χ4n) is 4.93. The van der Waals surface area contributed by atoms with Gasteiger partial charge in [-0.05, 0) is 85.9 Å². The van der Waals surface area contributed by atoms with Gasteiger partial charge in [-0.2, -0.15) is 0 Å². The molecule has 0 saturated carbocycles. The van der Waals surface area contributed by atoms with Gasteiger partial charge in [0.15, 0.2) is 0 Å². The Bertz CT molecular complexity index is 1880. The van der Waals surface area contributed by atoms with Crippen LogP contribution in [-0.2, 0) is 0 Å². The third-order valence-corrected chi connectivity index (χ3v) is 7.27. The first-order chi connectivity index (χ1) is 17.7. The fourth-order valence-corrected chi connectivity index (χ4v) is 5.12. The van der Waals surface area contributed by atoms with Gasteiger partial charge in [0.25, 0.3) is 0 Å². The molecule has 2 nitrogen and oxygen atoms in total. The summed E-state index contributed by atoms with van der Waals surface area (Å²) in [5.41, 5.74) is 8.78. The van der Waals surface area contributed by atoms with Crippen molar-refractivity contribution in [3.63, 3.8) is 0 Å². The summed E-state index contributed by atoms with van der Waals surface area (Å²) in [6.07, 6.45) is 1.76. The molecule has 0 spiro atoms. The van der Waals surface area contributed by atoms with Crippen LogP contribution >= 0.6 is 9.24 Å². The van der Waals surface area contributed by atoms with Crippen LogP contribution in [0.1, 0.15) is 0 Å². The van der Waals surface area contributed by atoms with Crippen LogP contribution in [-0.4, -0.2) is 4.98 Å². The molecule has 0 aliphatic heterocycles. The van der Waals surface area contributed by atoms with E-state index >= 15 is 0 Å². The minimum atomic E-state index is 0.681. The highest BCUT2D eigenvalue weighted by atomic mass is 31.0. The van der Waals surface area contributed by atoms with Gasteiger partial charge in [-0.3, -0.25) is 0 Å². The first kappa shape index (κ1) is 21.1. The van der Waals surface area contributed by atoms with Gasteiger partial charge in [-0.1, -0.05) is 78.9 Å². The second kappa shape index (κ2) is 8.45. The lowest BCUT2D eigenvalue weighted by Gasteiger charge is -2.09. The average Bonchev–Trinajstić information content (AvgIpc) is 3.31. The SMILES string of the molecule is Pc1ccc(-c2ccc3ccc(-c4ccc(-c5ccc6oc7ncccc7c6c5)cc4)cc3c2)cc1. The van der Waals surface area contributed by atoms with Crippen molar-refractivity contribution in [3.8, 4) is 33.4 Å². The maximum Gasteiger partial charge on any atom is 0.227 e. The van der Waals surface area contributed by atoms with Crippen molar-refractivity contribution < 1.29 is 4.42 Å². The third-order valence-electron chi connectivity index (χ3n) is 6.88. The van der Waals surface area contributed by atoms with E-state index in [4.69, 9.17) is 4.42 Å². The molecule has 0 N–H and O–H groups in total. The van der Waals surface area contributed by atoms with E-state index in [-0.39, 0.29) is 0 Å². The van der Waals surface area contributed by atoms with Gasteiger partial charge in [0.05, 0.1) is 0 Å². The Kier molecular flexibility index (Phi) is 4.94. The van der Waals surface area contributed by atoms with Gasteiger partial charge < -0.3 is 4.42 Å². The number of hydrogen-bond acceptors (Lipinski definition) is 2. The van der Waals surface area contributed by atoms with E-state index in [0.717, 1.165) is 16.4 Å². The standard InChI is InChI=1S/C33H22NOP/c36-29-14-11-23(12-15-29)26-10-8-24-7-9-25(18-28(24)19-26)21-3-5-22(6-4-21)27-13-16-32-31(20-27)30-2-1-17-34-33(30)35-32/h1-20H,36H2. The fraction of sp³-hybridized carbons (Fsp3) is 0. The third kappa shape index (κ3) is 3.68. The molecule has 0 amide bonds. The average molecular weight is 480 g/mol. The van der Waals surface area contributed by atoms with Crippen molar-refractivity contribution in [2.45, 2.75) is 0 Å². The second-order valence-electron chi connectivity index (χ2n) is 9.15. The van der Waals surface area contributed by atoms with Crippen molar-refractivity contribution in [2.75, 3.05) is 0 Å². The van der Waals surface area contributed by atoms with Gasteiger partial charge in [-0.25, -0.2) is 4.98 Å². The zero-order valence-electron chi connectivity index (χ0n) is 19.5. The Hall–Kier alpha value is -4.26. The number of pyridine rings is 1. The summed E-state index contributed by atoms with van der Waals surface area (Å²) < 4.78 is 5.89. The molecule has 1 unspecified atom stereocenters. The molecule has 0 radical (unpaired) electrons. The molecule has 5 aromatic carbocycles. The lowest BCUT2D eigenvalue weighted by atomic mass is 9.96. The molecule has 2 aromatic heterocycles. The summed E-state index contributed by atoms with van der Waals surface area (Å²) in [5.74, 6) is 0. The molecule has 0 bridgehead atoms. The number of aromatic nitrogens is 1. The molecule has 2 heterocycles. The van der Waals surface area contributed by atoms with Crippen molar-refractivity contribution >= 4 is 47.4 Å². The summed E-state index contributed by atoms with van der Waals surface area (Å²) in [7, 11) is 2.75. The van der Waals surface area contributed by atoms with Crippen LogP contribution in [0.3, 0.4) is 0 Å². The number of hydrogen-bond donors (Lipinski definition) is 0. The van der Waals surface area contributed by atoms with Crippen LogP contribution in [0.4, 0.5) is 0 Å². The minimum absolute atomic E-state index is 0.681. The van der Waals surface area contributed by atoms with E-state index in [1.807, 2.05) is 12.1 Å². The van der Waals surface area contributed by atoms with Gasteiger partial charge in [-0.15, -0.1) is 9.24 Å². The van der Waals surface area contributed by atoms with Crippen LogP contribution in [0.25, 0.3) is 66.2 Å². The van der Waals surface area contributed by atoms with Crippen molar-refractivity contribution in [3.05, 3.63) is 121 Å². The van der Waals surface area contributed by atoms with Crippen LogP contribution in [0.15, 0.2) is 126 Å². The summed E-state index contributed by atoms with van der Waals surface area (Å²) in [6, 6.07) is 41.1. The van der Waals surface area contributed by atoms with Crippen molar-refractivity contribution in [1.82, 2.24) is 4.98 Å². The molecule has 170 valence electrons. The summed E-state index contributed by atoms with van der Waals surface area (Å²) in [4.78, 5) is 4.35. The topological polar surface area (TPSA) is 26.0 Å². The summed E-state index contributed by atoms with van der Waals surface area (Å²) in [6.45, 7) is 0. The molecule has 3 heteroatoms. The second-order valence-corrected chi connectivity index (χ2v) is 9.81. The van der Waals surface area contributed by atoms with E-state index in [1.54, 1.807) is 6.20 Å². The predicted molar refractivity (Wildman–Crippen MR) is 155 cm³/mol. The molecule has 0 fully saturated rings. The van der Waals surface area contributed by atoms with E-state index in [2.05, 4.69) is 117 Å². The lowest BCUT2D eigenvalue weighted by molar-refractivity contribution is 0.654. The van der Waals surface area contributed by atoms with E-state index in [9.17, 15) is 0 Å². The zero-order chi connectivity index (χ0) is 24.1. The van der Waals surface area contributed by atoms with Crippen LogP contribution in [0.2, 0.25) is 0 Å². The zero-order valence-corrected chi connectivity index (χ0v) is 20.6. The van der Waals surface area contributed by atoms with Gasteiger partial charge >= 0.3 is 0 Å². The van der Waals surface area contributed by atoms with E-state index < -0.39 is 0 Å². The summed E-state index contributed by atoms with van der Waals surface area (Å²) >= 11 is 0. The van der Waals surface area contributed by atoms with Crippen molar-refractivity contribution in [1.29, 1.82) is 0 Å². The summed E-state index contributed by atoms with van der Waals surface area (Å²) in [5, 5.41) is 5.83.